The van der Waals surface area contributed by atoms with Gasteiger partial charge in [0, 0.05) is 21.4 Å². The molecule has 2 amide bonds. The van der Waals surface area contributed by atoms with Crippen molar-refractivity contribution in [3.63, 3.8) is 0 Å². The molecule has 0 bridgehead atoms. The van der Waals surface area contributed by atoms with Crippen LogP contribution in [0.2, 0.25) is 5.02 Å². The molecule has 3 rings (SSSR count). The number of rotatable bonds is 6. The molecular weight excluding hydrogens is 456 g/mol. The van der Waals surface area contributed by atoms with E-state index < -0.39 is 6.10 Å². The van der Waals surface area contributed by atoms with E-state index in [-0.39, 0.29) is 11.8 Å². The second kappa shape index (κ2) is 9.58. The minimum Gasteiger partial charge on any atom is -0.479 e. The molecule has 0 fully saturated rings. The fraction of sp³-hybridized carbons (Fsp3) is 0.0909. The van der Waals surface area contributed by atoms with Gasteiger partial charge in [0.15, 0.2) is 6.10 Å². The summed E-state index contributed by atoms with van der Waals surface area (Å²) in [7, 11) is 0. The maximum atomic E-state index is 12.4. The van der Waals surface area contributed by atoms with E-state index in [1.165, 1.54) is 0 Å². The van der Waals surface area contributed by atoms with Gasteiger partial charge in [0.2, 0.25) is 0 Å². The van der Waals surface area contributed by atoms with Gasteiger partial charge in [-0.15, -0.1) is 0 Å². The van der Waals surface area contributed by atoms with E-state index in [0.717, 1.165) is 4.47 Å². The lowest BCUT2D eigenvalue weighted by molar-refractivity contribution is -0.122. The van der Waals surface area contributed by atoms with Gasteiger partial charge >= 0.3 is 0 Å². The number of halogens is 2. The number of nitrogens with one attached hydrogen (secondary N) is 2. The largest absolute Gasteiger partial charge is 0.479 e. The van der Waals surface area contributed by atoms with Gasteiger partial charge in [-0.25, -0.2) is 0 Å². The lowest BCUT2D eigenvalue weighted by Gasteiger charge is -2.15. The minimum atomic E-state index is -0.730. The summed E-state index contributed by atoms with van der Waals surface area (Å²) in [6.07, 6.45) is -0.730. The highest BCUT2D eigenvalue weighted by atomic mass is 79.9. The Kier molecular flexibility index (Phi) is 6.90. The number of carbonyl (C=O) groups excluding carboxylic acids is 2. The molecule has 0 saturated carbocycles. The van der Waals surface area contributed by atoms with E-state index in [9.17, 15) is 9.59 Å². The van der Waals surface area contributed by atoms with Gasteiger partial charge in [0.05, 0.1) is 5.02 Å². The number of anilines is 2. The third-order valence-electron chi connectivity index (χ3n) is 4.03. The van der Waals surface area contributed by atoms with Crippen molar-refractivity contribution in [2.24, 2.45) is 0 Å². The lowest BCUT2D eigenvalue weighted by Crippen LogP contribution is -2.30. The van der Waals surface area contributed by atoms with Crippen molar-refractivity contribution in [1.82, 2.24) is 0 Å². The van der Waals surface area contributed by atoms with Crippen LogP contribution in [-0.4, -0.2) is 17.9 Å². The lowest BCUT2D eigenvalue weighted by atomic mass is 10.2. The Morgan fingerprint density at radius 3 is 2.10 bits per heavy atom. The first kappa shape index (κ1) is 20.9. The predicted molar refractivity (Wildman–Crippen MR) is 119 cm³/mol. The number of amides is 2. The van der Waals surface area contributed by atoms with Crippen LogP contribution in [0.15, 0.2) is 77.3 Å². The number of ether oxygens (including phenoxy) is 1. The fourth-order valence-electron chi connectivity index (χ4n) is 2.47. The zero-order valence-corrected chi connectivity index (χ0v) is 17.8. The summed E-state index contributed by atoms with van der Waals surface area (Å²) in [4.78, 5) is 24.6. The number of carbonyl (C=O) groups is 2. The molecule has 3 aromatic carbocycles. The van der Waals surface area contributed by atoms with Crippen molar-refractivity contribution in [3.8, 4) is 5.75 Å². The molecule has 0 aliphatic heterocycles. The van der Waals surface area contributed by atoms with Crippen molar-refractivity contribution < 1.29 is 14.3 Å². The van der Waals surface area contributed by atoms with Crippen LogP contribution in [0.4, 0.5) is 11.4 Å². The Bertz CT molecular complexity index is 1010. The van der Waals surface area contributed by atoms with Crippen LogP contribution in [0.5, 0.6) is 5.75 Å². The summed E-state index contributed by atoms with van der Waals surface area (Å²) in [5.41, 5.74) is 1.76. The quantitative estimate of drug-likeness (QED) is 0.478. The molecule has 7 heteroatoms. The second-order valence-corrected chi connectivity index (χ2v) is 7.54. The Morgan fingerprint density at radius 2 is 1.48 bits per heavy atom. The van der Waals surface area contributed by atoms with Gasteiger partial charge in [-0.2, -0.15) is 0 Å². The van der Waals surface area contributed by atoms with E-state index in [0.29, 0.717) is 27.7 Å². The van der Waals surface area contributed by atoms with Crippen molar-refractivity contribution >= 4 is 50.7 Å². The number of benzene rings is 3. The summed E-state index contributed by atoms with van der Waals surface area (Å²) in [5, 5.41) is 6.03. The van der Waals surface area contributed by atoms with E-state index in [1.807, 2.05) is 0 Å². The third kappa shape index (κ3) is 5.82. The standard InChI is InChI=1S/C22H18BrClN2O3/c1-14(29-20-5-3-2-4-19(20)24)21(27)25-17-10-12-18(13-11-17)26-22(28)15-6-8-16(23)9-7-15/h2-14H,1H3,(H,25,27)(H,26,28). The van der Waals surface area contributed by atoms with E-state index in [4.69, 9.17) is 16.3 Å². The highest BCUT2D eigenvalue weighted by Crippen LogP contribution is 2.24. The molecule has 29 heavy (non-hydrogen) atoms. The van der Waals surface area contributed by atoms with Gasteiger partial charge in [0.1, 0.15) is 5.75 Å². The van der Waals surface area contributed by atoms with Crippen LogP contribution in [0.25, 0.3) is 0 Å². The van der Waals surface area contributed by atoms with Gasteiger partial charge in [-0.05, 0) is 67.6 Å². The number of hydrogen-bond donors (Lipinski definition) is 2. The van der Waals surface area contributed by atoms with Crippen LogP contribution in [0, 0.1) is 0 Å². The molecule has 2 N–H and O–H groups in total. The molecule has 0 heterocycles. The molecule has 1 unspecified atom stereocenters. The third-order valence-corrected chi connectivity index (χ3v) is 4.87. The average Bonchev–Trinajstić information content (AvgIpc) is 2.71. The first-order valence-corrected chi connectivity index (χ1v) is 9.98. The van der Waals surface area contributed by atoms with Crippen molar-refractivity contribution in [2.75, 3.05) is 10.6 Å². The Labute approximate surface area is 182 Å². The van der Waals surface area contributed by atoms with Gasteiger partial charge in [-0.3, -0.25) is 9.59 Å². The maximum Gasteiger partial charge on any atom is 0.265 e. The molecular formula is C22H18BrClN2O3. The molecule has 148 valence electrons. The van der Waals surface area contributed by atoms with Gasteiger partial charge in [-0.1, -0.05) is 39.7 Å². The first-order valence-electron chi connectivity index (χ1n) is 8.81. The molecule has 3 aromatic rings. The van der Waals surface area contributed by atoms with E-state index in [2.05, 4.69) is 26.6 Å². The van der Waals surface area contributed by atoms with Gasteiger partial charge < -0.3 is 15.4 Å². The maximum absolute atomic E-state index is 12.4. The fourth-order valence-corrected chi connectivity index (χ4v) is 2.91. The van der Waals surface area contributed by atoms with Crippen LogP contribution in [-0.2, 0) is 4.79 Å². The normalized spacial score (nSPS) is 11.4. The average molecular weight is 474 g/mol. The molecule has 0 aliphatic rings. The van der Waals surface area contributed by atoms with Crippen molar-refractivity contribution in [2.45, 2.75) is 13.0 Å². The number of hydrogen-bond acceptors (Lipinski definition) is 3. The Morgan fingerprint density at radius 1 is 0.897 bits per heavy atom. The zero-order valence-electron chi connectivity index (χ0n) is 15.5. The SMILES string of the molecule is CC(Oc1ccccc1Cl)C(=O)Nc1ccc(NC(=O)c2ccc(Br)cc2)cc1. The molecule has 0 saturated heterocycles. The van der Waals surface area contributed by atoms with E-state index >= 15 is 0 Å². The Balaban J connectivity index is 1.57. The Hall–Kier alpha value is -2.83. The smallest absolute Gasteiger partial charge is 0.265 e. The predicted octanol–water partition coefficient (Wildman–Crippen LogP) is 5.76. The molecule has 1 atom stereocenters. The molecule has 0 aliphatic carbocycles. The summed E-state index contributed by atoms with van der Waals surface area (Å²) in [5.74, 6) is -0.0737. The van der Waals surface area contributed by atoms with Crippen molar-refractivity contribution in [3.05, 3.63) is 87.9 Å². The van der Waals surface area contributed by atoms with Crippen LogP contribution < -0.4 is 15.4 Å². The number of para-hydroxylation sites is 1. The van der Waals surface area contributed by atoms with Crippen LogP contribution in [0.1, 0.15) is 17.3 Å². The summed E-state index contributed by atoms with van der Waals surface area (Å²) >= 11 is 9.39. The minimum absolute atomic E-state index is 0.212. The molecule has 0 aromatic heterocycles. The van der Waals surface area contributed by atoms with Crippen LogP contribution >= 0.6 is 27.5 Å². The van der Waals surface area contributed by atoms with E-state index in [1.54, 1.807) is 79.7 Å². The molecule has 0 spiro atoms. The molecule has 5 nitrogen and oxygen atoms in total. The summed E-state index contributed by atoms with van der Waals surface area (Å²) < 4.78 is 6.51. The second-order valence-electron chi connectivity index (χ2n) is 6.22. The zero-order chi connectivity index (χ0) is 20.8. The summed E-state index contributed by atoms with van der Waals surface area (Å²) in [6.45, 7) is 1.64. The van der Waals surface area contributed by atoms with Gasteiger partial charge in [0.25, 0.3) is 11.8 Å². The highest BCUT2D eigenvalue weighted by molar-refractivity contribution is 9.10. The van der Waals surface area contributed by atoms with Crippen LogP contribution in [0.3, 0.4) is 0 Å². The molecule has 0 radical (unpaired) electrons. The first-order chi connectivity index (χ1) is 13.9. The topological polar surface area (TPSA) is 67.4 Å². The van der Waals surface area contributed by atoms with Crippen molar-refractivity contribution in [1.29, 1.82) is 0 Å². The summed E-state index contributed by atoms with van der Waals surface area (Å²) in [6, 6.07) is 20.9. The monoisotopic (exact) mass is 472 g/mol. The highest BCUT2D eigenvalue weighted by Gasteiger charge is 2.16.